The van der Waals surface area contributed by atoms with Gasteiger partial charge in [-0.25, -0.2) is 14.4 Å². The molecule has 1 aliphatic carbocycles. The van der Waals surface area contributed by atoms with E-state index in [2.05, 4.69) is 20.9 Å². The van der Waals surface area contributed by atoms with E-state index in [4.69, 9.17) is 14.2 Å². The van der Waals surface area contributed by atoms with Gasteiger partial charge in [0.15, 0.2) is 0 Å². The van der Waals surface area contributed by atoms with Gasteiger partial charge in [-0.15, -0.1) is 0 Å². The number of benzene rings is 3. The van der Waals surface area contributed by atoms with Gasteiger partial charge in [0.25, 0.3) is 0 Å². The molecule has 0 aliphatic heterocycles. The molecule has 0 spiro atoms. The van der Waals surface area contributed by atoms with Crippen molar-refractivity contribution in [2.75, 3.05) is 19.7 Å². The SMILES string of the molecule is C[C@@H](c1ccccc1)N(CCC(=O)O)C(=O)[C@H](CCCN=C(NC(=O)OC(C)(C)C)NC(=O)OC(C)(C)C)NC(=O)OCC1c2ccccc2-c2ccccc21. The summed E-state index contributed by atoms with van der Waals surface area (Å²) in [5.74, 6) is -2.04. The molecule has 0 fully saturated rings. The van der Waals surface area contributed by atoms with Crippen LogP contribution in [0.25, 0.3) is 11.1 Å². The Hall–Kier alpha value is -5.92. The van der Waals surface area contributed by atoms with Crippen LogP contribution in [-0.2, 0) is 23.8 Å². The van der Waals surface area contributed by atoms with E-state index in [1.165, 1.54) is 4.90 Å². The van der Waals surface area contributed by atoms with E-state index in [9.17, 15) is 29.1 Å². The van der Waals surface area contributed by atoms with Crippen LogP contribution in [0, 0.1) is 0 Å². The molecular weight excluding hydrogens is 718 g/mol. The Balaban J connectivity index is 1.55. The second kappa shape index (κ2) is 19.1. The summed E-state index contributed by atoms with van der Waals surface area (Å²) in [5.41, 5.74) is 3.30. The fourth-order valence-corrected chi connectivity index (χ4v) is 6.26. The number of rotatable bonds is 13. The van der Waals surface area contributed by atoms with Crippen molar-refractivity contribution in [2.45, 2.75) is 96.9 Å². The molecule has 2 atom stereocenters. The fraction of sp³-hybridized carbons (Fsp3) is 0.429. The number of carbonyl (C=O) groups excluding carboxylic acids is 4. The number of nitrogens with zero attached hydrogens (tertiary/aromatic N) is 2. The predicted octanol–water partition coefficient (Wildman–Crippen LogP) is 7.14. The second-order valence-corrected chi connectivity index (χ2v) is 15.4. The number of ether oxygens (including phenoxy) is 3. The van der Waals surface area contributed by atoms with Gasteiger partial charge in [0.05, 0.1) is 12.5 Å². The topological polar surface area (TPSA) is 185 Å². The Morgan fingerprint density at radius 2 is 1.29 bits per heavy atom. The molecular formula is C42H53N5O9. The van der Waals surface area contributed by atoms with Crippen molar-refractivity contribution < 1.29 is 43.3 Å². The standard InChI is InChI=1S/C42H53N5O9/c1-27(28-16-9-8-10-17-28)47(25-23-35(48)49)36(50)34(22-15-24-43-37(45-39(52)55-41(2,3)4)46-40(53)56-42(5,6)7)44-38(51)54-26-33-31-20-13-11-18-29(31)30-19-12-14-21-32(30)33/h8-14,16-21,27,33-34H,15,22-26H2,1-7H3,(H,44,51)(H,48,49)(H2,43,45,46,52,53)/t27-,34-/m0/s1. The first-order valence-electron chi connectivity index (χ1n) is 18.6. The van der Waals surface area contributed by atoms with E-state index in [1.807, 2.05) is 78.9 Å². The quantitative estimate of drug-likeness (QED) is 0.0607. The minimum Gasteiger partial charge on any atom is -0.481 e. The van der Waals surface area contributed by atoms with Crippen molar-refractivity contribution in [3.05, 3.63) is 95.6 Å². The van der Waals surface area contributed by atoms with E-state index in [0.29, 0.717) is 0 Å². The highest BCUT2D eigenvalue weighted by atomic mass is 16.6. The average Bonchev–Trinajstić information content (AvgIpc) is 3.43. The van der Waals surface area contributed by atoms with Gasteiger partial charge >= 0.3 is 24.2 Å². The highest BCUT2D eigenvalue weighted by Crippen LogP contribution is 2.44. The lowest BCUT2D eigenvalue weighted by Crippen LogP contribution is -2.50. The molecule has 0 saturated carbocycles. The van der Waals surface area contributed by atoms with E-state index < -0.39 is 53.4 Å². The Labute approximate surface area is 328 Å². The largest absolute Gasteiger partial charge is 0.481 e. The molecule has 4 rings (SSSR count). The second-order valence-electron chi connectivity index (χ2n) is 15.4. The minimum atomic E-state index is -1.15. The molecule has 56 heavy (non-hydrogen) atoms. The van der Waals surface area contributed by atoms with Gasteiger partial charge in [0.2, 0.25) is 11.9 Å². The first-order valence-corrected chi connectivity index (χ1v) is 18.6. The summed E-state index contributed by atoms with van der Waals surface area (Å²) in [6, 6.07) is 23.3. The third-order valence-electron chi connectivity index (χ3n) is 8.69. The summed E-state index contributed by atoms with van der Waals surface area (Å²) >= 11 is 0. The maximum absolute atomic E-state index is 14.4. The van der Waals surface area contributed by atoms with Gasteiger partial charge in [0, 0.05) is 19.0 Å². The van der Waals surface area contributed by atoms with Gasteiger partial charge < -0.3 is 29.5 Å². The van der Waals surface area contributed by atoms with Gasteiger partial charge in [-0.05, 0) is 89.1 Å². The average molecular weight is 772 g/mol. The Bertz CT molecular complexity index is 1810. The van der Waals surface area contributed by atoms with Gasteiger partial charge in [0.1, 0.15) is 23.9 Å². The smallest absolute Gasteiger partial charge is 0.414 e. The molecule has 3 aromatic rings. The number of hydrogen-bond donors (Lipinski definition) is 4. The van der Waals surface area contributed by atoms with Crippen LogP contribution in [0.2, 0.25) is 0 Å². The molecule has 0 heterocycles. The number of carboxylic acid groups (broad SMARTS) is 1. The predicted molar refractivity (Wildman–Crippen MR) is 211 cm³/mol. The lowest BCUT2D eigenvalue weighted by atomic mass is 9.98. The monoisotopic (exact) mass is 771 g/mol. The molecule has 1 aliphatic rings. The van der Waals surface area contributed by atoms with Crippen molar-refractivity contribution in [1.82, 2.24) is 20.9 Å². The van der Waals surface area contributed by atoms with E-state index in [-0.39, 0.29) is 50.8 Å². The fourth-order valence-electron chi connectivity index (χ4n) is 6.26. The molecule has 0 bridgehead atoms. The van der Waals surface area contributed by atoms with Crippen molar-refractivity contribution in [2.24, 2.45) is 4.99 Å². The molecule has 14 nitrogen and oxygen atoms in total. The minimum absolute atomic E-state index is 0.0134. The molecule has 0 saturated heterocycles. The zero-order valence-corrected chi connectivity index (χ0v) is 33.1. The van der Waals surface area contributed by atoms with Crippen LogP contribution in [0.5, 0.6) is 0 Å². The molecule has 3 aromatic carbocycles. The highest BCUT2D eigenvalue weighted by Gasteiger charge is 2.32. The van der Waals surface area contributed by atoms with Crippen LogP contribution >= 0.6 is 0 Å². The van der Waals surface area contributed by atoms with E-state index in [0.717, 1.165) is 27.8 Å². The van der Waals surface area contributed by atoms with Crippen molar-refractivity contribution in [1.29, 1.82) is 0 Å². The number of amides is 4. The third-order valence-corrected chi connectivity index (χ3v) is 8.69. The molecule has 4 amide bonds. The maximum atomic E-state index is 14.4. The lowest BCUT2D eigenvalue weighted by Gasteiger charge is -2.33. The molecule has 0 radical (unpaired) electrons. The number of nitrogens with one attached hydrogen (secondary N) is 3. The van der Waals surface area contributed by atoms with Crippen LogP contribution in [0.4, 0.5) is 14.4 Å². The van der Waals surface area contributed by atoms with Crippen LogP contribution in [-0.4, -0.2) is 83.1 Å². The van der Waals surface area contributed by atoms with Crippen LogP contribution in [0.1, 0.15) is 96.4 Å². The third kappa shape index (κ3) is 12.8. The normalized spacial score (nSPS) is 13.2. The zero-order chi connectivity index (χ0) is 41.0. The van der Waals surface area contributed by atoms with Gasteiger partial charge in [-0.1, -0.05) is 78.9 Å². The number of hydrogen-bond acceptors (Lipinski definition) is 9. The van der Waals surface area contributed by atoms with Crippen LogP contribution in [0.3, 0.4) is 0 Å². The van der Waals surface area contributed by atoms with Crippen molar-refractivity contribution >= 4 is 36.1 Å². The first kappa shape index (κ1) is 42.8. The molecule has 4 N–H and O–H groups in total. The highest BCUT2D eigenvalue weighted by molar-refractivity contribution is 6.01. The van der Waals surface area contributed by atoms with Crippen molar-refractivity contribution in [3.8, 4) is 11.1 Å². The number of fused-ring (bicyclic) bond motifs is 3. The van der Waals surface area contributed by atoms with Crippen LogP contribution in [0.15, 0.2) is 83.9 Å². The summed E-state index contributed by atoms with van der Waals surface area (Å²) in [6.45, 7) is 11.8. The van der Waals surface area contributed by atoms with E-state index in [1.54, 1.807) is 48.5 Å². The number of alkyl carbamates (subject to hydrolysis) is 3. The first-order chi connectivity index (χ1) is 26.4. The zero-order valence-electron chi connectivity index (χ0n) is 33.1. The number of guanidine groups is 1. The maximum Gasteiger partial charge on any atom is 0.414 e. The Morgan fingerprint density at radius 1 is 0.768 bits per heavy atom. The van der Waals surface area contributed by atoms with E-state index >= 15 is 0 Å². The van der Waals surface area contributed by atoms with Crippen LogP contribution < -0.4 is 16.0 Å². The summed E-state index contributed by atoms with van der Waals surface area (Å²) in [7, 11) is 0. The Kier molecular flexibility index (Phi) is 14.6. The van der Waals surface area contributed by atoms with Gasteiger partial charge in [-0.2, -0.15) is 0 Å². The van der Waals surface area contributed by atoms with Gasteiger partial charge in [-0.3, -0.25) is 25.2 Å². The number of carbonyl (C=O) groups is 5. The summed E-state index contributed by atoms with van der Waals surface area (Å²) < 4.78 is 16.4. The lowest BCUT2D eigenvalue weighted by molar-refractivity contribution is -0.140. The molecule has 300 valence electrons. The number of aliphatic imine (C=N–C) groups is 1. The number of aliphatic carboxylic acids is 1. The summed E-state index contributed by atoms with van der Waals surface area (Å²) in [5, 5.41) is 17.1. The number of carboxylic acids is 1. The summed E-state index contributed by atoms with van der Waals surface area (Å²) in [6.07, 6.45) is -2.63. The molecule has 0 unspecified atom stereocenters. The summed E-state index contributed by atoms with van der Waals surface area (Å²) in [4.78, 5) is 70.5. The molecule has 0 aromatic heterocycles. The Morgan fingerprint density at radius 3 is 1.80 bits per heavy atom. The molecule has 14 heteroatoms. The van der Waals surface area contributed by atoms with Crippen molar-refractivity contribution in [3.63, 3.8) is 0 Å².